The summed E-state index contributed by atoms with van der Waals surface area (Å²) in [5.74, 6) is 0. The van der Waals surface area contributed by atoms with E-state index in [4.69, 9.17) is 0 Å². The van der Waals surface area contributed by atoms with Crippen LogP contribution in [0.1, 0.15) is 49.9 Å². The molecule has 0 nitrogen and oxygen atoms in total. The van der Waals surface area contributed by atoms with Crippen LogP contribution in [0.4, 0.5) is 0 Å². The van der Waals surface area contributed by atoms with Crippen molar-refractivity contribution < 1.29 is 0 Å². The summed E-state index contributed by atoms with van der Waals surface area (Å²) in [7, 11) is 0. The number of hydrogen-bond acceptors (Lipinski definition) is 0. The zero-order valence-electron chi connectivity index (χ0n) is 38.9. The highest BCUT2D eigenvalue weighted by molar-refractivity contribution is 6.34. The molecule has 13 aromatic rings. The molecule has 0 heterocycles. The van der Waals surface area contributed by atoms with E-state index < -0.39 is 0 Å². The van der Waals surface area contributed by atoms with E-state index in [1.54, 1.807) is 0 Å². The molecule has 0 radical (unpaired) electrons. The summed E-state index contributed by atoms with van der Waals surface area (Å²) < 4.78 is 0. The molecule has 0 unspecified atom stereocenters. The van der Waals surface area contributed by atoms with Crippen molar-refractivity contribution in [2.24, 2.45) is 0 Å². The summed E-state index contributed by atoms with van der Waals surface area (Å²) in [5.41, 5.74) is 9.92. The van der Waals surface area contributed by atoms with Crippen LogP contribution in [0.5, 0.6) is 0 Å². The van der Waals surface area contributed by atoms with Crippen LogP contribution >= 0.6 is 0 Å². The number of fused-ring (bicyclic) bond motifs is 16. The van der Waals surface area contributed by atoms with Crippen molar-refractivity contribution in [2.75, 3.05) is 0 Å². The molecule has 0 aliphatic carbocycles. The van der Waals surface area contributed by atoms with E-state index in [9.17, 15) is 0 Å². The molecular weight excluding hydrogens is 817 g/mol. The van der Waals surface area contributed by atoms with Gasteiger partial charge < -0.3 is 0 Å². The Morgan fingerprint density at radius 3 is 0.868 bits per heavy atom. The minimum Gasteiger partial charge on any atom is -0.0622 e. The van der Waals surface area contributed by atoms with E-state index in [2.05, 4.69) is 258 Å². The van der Waals surface area contributed by atoms with Crippen LogP contribution in [0.3, 0.4) is 0 Å². The molecule has 0 atom stereocenters. The van der Waals surface area contributed by atoms with Gasteiger partial charge in [-0.2, -0.15) is 0 Å². The zero-order valence-corrected chi connectivity index (χ0v) is 38.9. The maximum absolute atomic E-state index is 2.46. The Labute approximate surface area is 397 Å². The lowest BCUT2D eigenvalue weighted by molar-refractivity contribution is 0.642. The number of benzene rings is 13. The SMILES string of the molecule is CC(C)(c1ccccc1)c1ccc2c(c1)c1ccccc1c1cc(-c3ccc(-c4cc5c6ccccc6c6cc(C(C)(C)c7ccccc7)ccc6c5c5ccccc45)cc3)c3ccccc3c21. The molecule has 13 aromatic carbocycles. The molecule has 68 heavy (non-hydrogen) atoms. The Bertz CT molecular complexity index is 3880. The molecule has 0 N–H and O–H groups in total. The van der Waals surface area contributed by atoms with Crippen molar-refractivity contribution in [3.8, 4) is 22.3 Å². The highest BCUT2D eigenvalue weighted by Gasteiger charge is 2.26. The largest absolute Gasteiger partial charge is 0.0622 e. The van der Waals surface area contributed by atoms with E-state index in [0.29, 0.717) is 0 Å². The fourth-order valence-electron chi connectivity index (χ4n) is 11.8. The van der Waals surface area contributed by atoms with Crippen LogP contribution in [-0.4, -0.2) is 0 Å². The first kappa shape index (κ1) is 40.2. The molecule has 0 aromatic heterocycles. The van der Waals surface area contributed by atoms with E-state index in [0.717, 1.165) is 0 Å². The van der Waals surface area contributed by atoms with Gasteiger partial charge in [0.2, 0.25) is 0 Å². The molecular formula is C68H50. The first-order chi connectivity index (χ1) is 33.3. The first-order valence-corrected chi connectivity index (χ1v) is 24.1. The molecule has 0 bridgehead atoms. The van der Waals surface area contributed by atoms with Crippen molar-refractivity contribution in [1.29, 1.82) is 0 Å². The molecule has 0 saturated carbocycles. The lowest BCUT2D eigenvalue weighted by Crippen LogP contribution is -2.18. The smallest absolute Gasteiger partial charge is 0.0146 e. The van der Waals surface area contributed by atoms with Gasteiger partial charge in [0.05, 0.1) is 0 Å². The average Bonchev–Trinajstić information content (AvgIpc) is 3.40. The third kappa shape index (κ3) is 6.07. The fourth-order valence-corrected chi connectivity index (χ4v) is 11.8. The fraction of sp³-hybridized carbons (Fsp3) is 0.0882. The lowest BCUT2D eigenvalue weighted by atomic mass is 9.77. The second kappa shape index (κ2) is 15.2. The summed E-state index contributed by atoms with van der Waals surface area (Å²) in [4.78, 5) is 0. The zero-order chi connectivity index (χ0) is 45.7. The molecule has 0 aliphatic heterocycles. The van der Waals surface area contributed by atoms with Gasteiger partial charge in [-0.1, -0.05) is 234 Å². The second-order valence-corrected chi connectivity index (χ2v) is 20.0. The van der Waals surface area contributed by atoms with Crippen molar-refractivity contribution in [3.63, 3.8) is 0 Å². The van der Waals surface area contributed by atoms with Gasteiger partial charge in [-0.15, -0.1) is 0 Å². The minimum absolute atomic E-state index is 0.143. The van der Waals surface area contributed by atoms with Crippen LogP contribution in [0.25, 0.3) is 108 Å². The standard InChI is InChI=1S/C68H50/c1-67(2,45-19-7-5-8-20-45)47-35-37-57-61(39-47)49-23-11-13-25-51(49)63-41-59(53-27-15-17-29-55(53)65(57)63)43-31-33-44(34-32-43)60-42-64-52-26-14-12-24-50(52)62-40-48(68(3,4)46-21-9-6-10-22-46)36-38-58(62)66(64)56-30-18-16-28-54(56)60/h5-42H,1-4H3. The van der Waals surface area contributed by atoms with Crippen LogP contribution in [0, 0.1) is 0 Å². The minimum atomic E-state index is -0.143. The average molecular weight is 867 g/mol. The third-order valence-corrected chi connectivity index (χ3v) is 15.6. The van der Waals surface area contributed by atoms with Gasteiger partial charge in [0, 0.05) is 10.8 Å². The van der Waals surface area contributed by atoms with E-state index >= 15 is 0 Å². The summed E-state index contributed by atoms with van der Waals surface area (Å²) in [5, 5.41) is 20.7. The highest BCUT2D eigenvalue weighted by atomic mass is 14.3. The van der Waals surface area contributed by atoms with Crippen molar-refractivity contribution in [1.82, 2.24) is 0 Å². The van der Waals surface area contributed by atoms with Crippen molar-refractivity contribution in [2.45, 2.75) is 38.5 Å². The quantitative estimate of drug-likeness (QED) is 0.146. The van der Waals surface area contributed by atoms with Crippen LogP contribution in [0.15, 0.2) is 231 Å². The molecule has 0 heteroatoms. The van der Waals surface area contributed by atoms with Gasteiger partial charge in [-0.05, 0) is 155 Å². The predicted octanol–water partition coefficient (Wildman–Crippen LogP) is 18.9. The monoisotopic (exact) mass is 866 g/mol. The van der Waals surface area contributed by atoms with Gasteiger partial charge in [-0.3, -0.25) is 0 Å². The van der Waals surface area contributed by atoms with Crippen LogP contribution in [-0.2, 0) is 10.8 Å². The van der Waals surface area contributed by atoms with E-state index in [1.807, 2.05) is 0 Å². The Balaban J connectivity index is 0.978. The van der Waals surface area contributed by atoms with Gasteiger partial charge in [0.1, 0.15) is 0 Å². The molecule has 0 fully saturated rings. The maximum atomic E-state index is 2.46. The van der Waals surface area contributed by atoms with Gasteiger partial charge in [-0.25, -0.2) is 0 Å². The molecule has 0 amide bonds. The Kier molecular flexibility index (Phi) is 9.02. The molecule has 0 spiro atoms. The maximum Gasteiger partial charge on any atom is 0.0146 e. The lowest BCUT2D eigenvalue weighted by Gasteiger charge is -2.27. The number of rotatable bonds is 6. The molecule has 0 saturated heterocycles. The number of hydrogen-bond donors (Lipinski definition) is 0. The Morgan fingerprint density at radius 1 is 0.206 bits per heavy atom. The van der Waals surface area contributed by atoms with Crippen LogP contribution in [0.2, 0.25) is 0 Å². The summed E-state index contributed by atoms with van der Waals surface area (Å²) in [6.45, 7) is 9.37. The Hall–Kier alpha value is -8.06. The van der Waals surface area contributed by atoms with Gasteiger partial charge in [0.15, 0.2) is 0 Å². The topological polar surface area (TPSA) is 0 Å². The predicted molar refractivity (Wildman–Crippen MR) is 295 cm³/mol. The molecule has 322 valence electrons. The first-order valence-electron chi connectivity index (χ1n) is 24.1. The van der Waals surface area contributed by atoms with Crippen LogP contribution < -0.4 is 0 Å². The Morgan fingerprint density at radius 2 is 0.500 bits per heavy atom. The van der Waals surface area contributed by atoms with Crippen molar-refractivity contribution >= 4 is 86.2 Å². The third-order valence-electron chi connectivity index (χ3n) is 15.6. The summed E-state index contributed by atoms with van der Waals surface area (Å²) in [6.07, 6.45) is 0. The second-order valence-electron chi connectivity index (χ2n) is 20.0. The van der Waals surface area contributed by atoms with E-state index in [1.165, 1.54) is 131 Å². The van der Waals surface area contributed by atoms with Gasteiger partial charge >= 0.3 is 0 Å². The highest BCUT2D eigenvalue weighted by Crippen LogP contribution is 2.47. The normalized spacial score (nSPS) is 12.4. The summed E-state index contributed by atoms with van der Waals surface area (Å²) >= 11 is 0. The molecule has 0 aliphatic rings. The van der Waals surface area contributed by atoms with Crippen molar-refractivity contribution in [3.05, 3.63) is 253 Å². The summed E-state index contributed by atoms with van der Waals surface area (Å²) in [6, 6.07) is 86.6. The van der Waals surface area contributed by atoms with Gasteiger partial charge in [0.25, 0.3) is 0 Å². The van der Waals surface area contributed by atoms with E-state index in [-0.39, 0.29) is 10.8 Å². The molecule has 13 rings (SSSR count).